The Labute approximate surface area is 129 Å². The van der Waals surface area contributed by atoms with Crippen molar-refractivity contribution in [2.45, 2.75) is 30.3 Å². The number of ether oxygens (including phenoxy) is 1. The van der Waals surface area contributed by atoms with Crippen LogP contribution >= 0.6 is 11.8 Å². The molecule has 1 saturated heterocycles. The minimum atomic E-state index is -4.37. The van der Waals surface area contributed by atoms with Crippen molar-refractivity contribution in [2.75, 3.05) is 12.4 Å². The lowest BCUT2D eigenvalue weighted by atomic mass is 10.1. The Kier molecular flexibility index (Phi) is 4.39. The Morgan fingerprint density at radius 3 is 2.95 bits per heavy atom. The molecule has 22 heavy (non-hydrogen) atoms. The number of hydrogen-bond donors (Lipinski definition) is 1. The molecule has 4 nitrogen and oxygen atoms in total. The van der Waals surface area contributed by atoms with Crippen LogP contribution in [-0.4, -0.2) is 33.6 Å². The maximum absolute atomic E-state index is 12.7. The molecule has 1 atom stereocenters. The van der Waals surface area contributed by atoms with Crippen LogP contribution in [-0.2, 0) is 10.9 Å². The summed E-state index contributed by atoms with van der Waals surface area (Å²) < 4.78 is 43.7. The Bertz CT molecular complexity index is 638. The molecule has 0 spiro atoms. The Morgan fingerprint density at radius 2 is 2.23 bits per heavy atom. The van der Waals surface area contributed by atoms with Crippen LogP contribution in [0.25, 0.3) is 11.4 Å². The van der Waals surface area contributed by atoms with Crippen LogP contribution < -0.4 is 0 Å². The third-order valence-corrected chi connectivity index (χ3v) is 4.33. The van der Waals surface area contributed by atoms with E-state index in [1.165, 1.54) is 17.8 Å². The molecule has 1 fully saturated rings. The summed E-state index contributed by atoms with van der Waals surface area (Å²) in [6, 6.07) is 5.03. The first-order chi connectivity index (χ1) is 10.5. The molecule has 1 aromatic heterocycles. The van der Waals surface area contributed by atoms with Gasteiger partial charge >= 0.3 is 6.18 Å². The molecule has 118 valence electrons. The largest absolute Gasteiger partial charge is 0.416 e. The van der Waals surface area contributed by atoms with Crippen molar-refractivity contribution < 1.29 is 17.9 Å². The van der Waals surface area contributed by atoms with Gasteiger partial charge in [0, 0.05) is 17.9 Å². The first-order valence-electron chi connectivity index (χ1n) is 6.87. The maximum Gasteiger partial charge on any atom is 0.416 e. The molecule has 1 N–H and O–H groups in total. The number of thioether (sulfide) groups is 1. The molecule has 0 bridgehead atoms. The van der Waals surface area contributed by atoms with Gasteiger partial charge in [-0.1, -0.05) is 23.9 Å². The smallest absolute Gasteiger partial charge is 0.377 e. The van der Waals surface area contributed by atoms with E-state index in [1.54, 1.807) is 6.07 Å². The second-order valence-corrected chi connectivity index (χ2v) is 5.98. The van der Waals surface area contributed by atoms with Gasteiger partial charge < -0.3 is 4.74 Å². The monoisotopic (exact) mass is 329 g/mol. The van der Waals surface area contributed by atoms with Crippen molar-refractivity contribution in [3.05, 3.63) is 29.8 Å². The normalized spacial score (nSPS) is 18.8. The van der Waals surface area contributed by atoms with E-state index >= 15 is 0 Å². The van der Waals surface area contributed by atoms with E-state index in [4.69, 9.17) is 4.74 Å². The van der Waals surface area contributed by atoms with Crippen molar-refractivity contribution in [3.8, 4) is 11.4 Å². The van der Waals surface area contributed by atoms with Gasteiger partial charge in [0.2, 0.25) is 5.16 Å². The third-order valence-electron chi connectivity index (χ3n) is 3.35. The highest BCUT2D eigenvalue weighted by Gasteiger charge is 2.30. The van der Waals surface area contributed by atoms with Crippen LogP contribution in [0.5, 0.6) is 0 Å². The Balaban J connectivity index is 1.70. The number of aromatic nitrogens is 3. The Hall–Kier alpha value is -1.54. The summed E-state index contributed by atoms with van der Waals surface area (Å²) in [6.07, 6.45) is -2.07. The summed E-state index contributed by atoms with van der Waals surface area (Å²) in [7, 11) is 0. The zero-order valence-corrected chi connectivity index (χ0v) is 12.4. The summed E-state index contributed by atoms with van der Waals surface area (Å²) in [6.45, 7) is 0.786. The summed E-state index contributed by atoms with van der Waals surface area (Å²) in [5.74, 6) is 1.08. The predicted molar refractivity (Wildman–Crippen MR) is 76.5 cm³/mol. The van der Waals surface area contributed by atoms with Gasteiger partial charge in [0.1, 0.15) is 0 Å². The molecular formula is C14H14F3N3OS. The summed E-state index contributed by atoms with van der Waals surface area (Å²) in [5.41, 5.74) is -0.332. The van der Waals surface area contributed by atoms with Gasteiger partial charge in [0.25, 0.3) is 0 Å². The minimum Gasteiger partial charge on any atom is -0.377 e. The fourth-order valence-corrected chi connectivity index (χ4v) is 3.09. The van der Waals surface area contributed by atoms with E-state index in [0.717, 1.165) is 37.3 Å². The summed E-state index contributed by atoms with van der Waals surface area (Å²) in [5, 5.41) is 7.24. The number of hydrogen-bond acceptors (Lipinski definition) is 4. The quantitative estimate of drug-likeness (QED) is 0.868. The number of nitrogens with one attached hydrogen (secondary N) is 1. The van der Waals surface area contributed by atoms with Crippen LogP contribution in [0.2, 0.25) is 0 Å². The summed E-state index contributed by atoms with van der Waals surface area (Å²) in [4.78, 5) is 4.24. The molecule has 2 aromatic rings. The SMILES string of the molecule is FC(F)(F)c1cccc(-c2nc(SCC3CCCO3)n[nH]2)c1. The van der Waals surface area contributed by atoms with E-state index < -0.39 is 11.7 Å². The van der Waals surface area contributed by atoms with Gasteiger partial charge in [-0.05, 0) is 25.0 Å². The average Bonchev–Trinajstić information content (AvgIpc) is 3.16. The molecule has 0 amide bonds. The van der Waals surface area contributed by atoms with E-state index in [-0.39, 0.29) is 6.10 Å². The molecular weight excluding hydrogens is 315 g/mol. The Morgan fingerprint density at radius 1 is 1.36 bits per heavy atom. The second-order valence-electron chi connectivity index (χ2n) is 4.99. The highest BCUT2D eigenvalue weighted by atomic mass is 32.2. The lowest BCUT2D eigenvalue weighted by molar-refractivity contribution is -0.137. The third kappa shape index (κ3) is 3.61. The first kappa shape index (κ1) is 15.4. The molecule has 1 aliphatic rings. The number of H-pyrrole nitrogens is 1. The molecule has 2 heterocycles. The van der Waals surface area contributed by atoms with E-state index in [0.29, 0.717) is 16.5 Å². The van der Waals surface area contributed by atoms with Gasteiger partial charge in [-0.3, -0.25) is 5.10 Å². The lowest BCUT2D eigenvalue weighted by Gasteiger charge is -2.07. The van der Waals surface area contributed by atoms with Gasteiger partial charge in [-0.15, -0.1) is 5.10 Å². The predicted octanol–water partition coefficient (Wildman–Crippen LogP) is 3.76. The first-order valence-corrected chi connectivity index (χ1v) is 7.85. The molecule has 1 unspecified atom stereocenters. The fraction of sp³-hybridized carbons (Fsp3) is 0.429. The molecule has 8 heteroatoms. The minimum absolute atomic E-state index is 0.209. The zero-order valence-electron chi connectivity index (χ0n) is 11.6. The molecule has 1 aromatic carbocycles. The highest BCUT2D eigenvalue weighted by molar-refractivity contribution is 7.99. The lowest BCUT2D eigenvalue weighted by Crippen LogP contribution is -2.07. The van der Waals surface area contributed by atoms with Gasteiger partial charge in [-0.2, -0.15) is 13.2 Å². The van der Waals surface area contributed by atoms with Crippen LogP contribution in [0.3, 0.4) is 0 Å². The van der Waals surface area contributed by atoms with Crippen molar-refractivity contribution >= 4 is 11.8 Å². The van der Waals surface area contributed by atoms with Crippen molar-refractivity contribution in [2.24, 2.45) is 0 Å². The van der Waals surface area contributed by atoms with Crippen LogP contribution in [0.4, 0.5) is 13.2 Å². The number of rotatable bonds is 4. The summed E-state index contributed by atoms with van der Waals surface area (Å²) >= 11 is 1.44. The molecule has 3 rings (SSSR count). The molecule has 0 aliphatic carbocycles. The molecule has 0 saturated carbocycles. The highest BCUT2D eigenvalue weighted by Crippen LogP contribution is 2.31. The van der Waals surface area contributed by atoms with Gasteiger partial charge in [0.05, 0.1) is 11.7 Å². The van der Waals surface area contributed by atoms with E-state index in [1.807, 2.05) is 0 Å². The van der Waals surface area contributed by atoms with Gasteiger partial charge in [0.15, 0.2) is 5.82 Å². The van der Waals surface area contributed by atoms with Crippen LogP contribution in [0.1, 0.15) is 18.4 Å². The number of aromatic amines is 1. The average molecular weight is 329 g/mol. The van der Waals surface area contributed by atoms with Crippen molar-refractivity contribution in [1.82, 2.24) is 15.2 Å². The number of nitrogens with zero attached hydrogens (tertiary/aromatic N) is 2. The van der Waals surface area contributed by atoms with E-state index in [2.05, 4.69) is 15.2 Å². The van der Waals surface area contributed by atoms with Crippen LogP contribution in [0, 0.1) is 0 Å². The zero-order chi connectivity index (χ0) is 15.6. The van der Waals surface area contributed by atoms with Crippen molar-refractivity contribution in [3.63, 3.8) is 0 Å². The topological polar surface area (TPSA) is 50.8 Å². The van der Waals surface area contributed by atoms with Crippen LogP contribution in [0.15, 0.2) is 29.4 Å². The number of alkyl halides is 3. The maximum atomic E-state index is 12.7. The molecule has 1 aliphatic heterocycles. The molecule has 0 radical (unpaired) electrons. The standard InChI is InChI=1S/C14H14F3N3OS/c15-14(16,17)10-4-1-3-9(7-10)12-18-13(20-19-12)22-8-11-5-2-6-21-11/h1,3-4,7,11H,2,5-6,8H2,(H,18,19,20). The second kappa shape index (κ2) is 6.29. The number of benzene rings is 1. The van der Waals surface area contributed by atoms with Crippen molar-refractivity contribution in [1.29, 1.82) is 0 Å². The number of halogens is 3. The van der Waals surface area contributed by atoms with E-state index in [9.17, 15) is 13.2 Å². The van der Waals surface area contributed by atoms with Gasteiger partial charge in [-0.25, -0.2) is 4.98 Å². The fourth-order valence-electron chi connectivity index (χ4n) is 2.23.